The third-order valence-corrected chi connectivity index (χ3v) is 2.42. The Morgan fingerprint density at radius 2 is 2.25 bits per heavy atom. The Bertz CT molecular complexity index is 358. The van der Waals surface area contributed by atoms with Gasteiger partial charge in [-0.05, 0) is 20.5 Å². The van der Waals surface area contributed by atoms with Gasteiger partial charge < -0.3 is 10.0 Å². The first-order chi connectivity index (χ1) is 7.56. The fourth-order valence-corrected chi connectivity index (χ4v) is 1.58. The largest absolute Gasteiger partial charge is 0.478 e. The van der Waals surface area contributed by atoms with E-state index in [1.165, 1.54) is 6.20 Å². The number of aromatic nitrogens is 2. The molecule has 5 heteroatoms. The topological polar surface area (TPSA) is 58.4 Å². The third kappa shape index (κ3) is 3.06. The normalized spacial score (nSPS) is 11.0. The molecule has 0 radical (unpaired) electrons. The molecular formula is C11H19N3O2. The van der Waals surface area contributed by atoms with E-state index in [9.17, 15) is 4.79 Å². The van der Waals surface area contributed by atoms with Crippen molar-refractivity contribution in [3.8, 4) is 0 Å². The third-order valence-electron chi connectivity index (χ3n) is 2.42. The SMILES string of the molecule is CCCc1c(C(=O)O)cnn1CCN(C)C. The van der Waals surface area contributed by atoms with Gasteiger partial charge >= 0.3 is 5.97 Å². The summed E-state index contributed by atoms with van der Waals surface area (Å²) in [4.78, 5) is 13.0. The molecular weight excluding hydrogens is 206 g/mol. The maximum absolute atomic E-state index is 11.0. The zero-order valence-corrected chi connectivity index (χ0v) is 10.1. The van der Waals surface area contributed by atoms with Gasteiger partial charge in [0.25, 0.3) is 0 Å². The van der Waals surface area contributed by atoms with Crippen LogP contribution < -0.4 is 0 Å². The van der Waals surface area contributed by atoms with E-state index in [0.717, 1.165) is 31.6 Å². The van der Waals surface area contributed by atoms with Gasteiger partial charge in [0.2, 0.25) is 0 Å². The average Bonchev–Trinajstić information content (AvgIpc) is 2.59. The van der Waals surface area contributed by atoms with Crippen LogP contribution in [0.5, 0.6) is 0 Å². The highest BCUT2D eigenvalue weighted by Crippen LogP contribution is 2.11. The van der Waals surface area contributed by atoms with Gasteiger partial charge in [-0.2, -0.15) is 5.10 Å². The van der Waals surface area contributed by atoms with Gasteiger partial charge in [0.15, 0.2) is 0 Å². The van der Waals surface area contributed by atoms with Crippen molar-refractivity contribution in [1.29, 1.82) is 0 Å². The maximum Gasteiger partial charge on any atom is 0.339 e. The molecule has 0 spiro atoms. The number of hydrogen-bond acceptors (Lipinski definition) is 3. The van der Waals surface area contributed by atoms with E-state index in [0.29, 0.717) is 5.56 Å². The lowest BCUT2D eigenvalue weighted by Gasteiger charge is -2.12. The Labute approximate surface area is 95.7 Å². The van der Waals surface area contributed by atoms with Crippen molar-refractivity contribution in [3.05, 3.63) is 17.5 Å². The molecule has 1 heterocycles. The number of carboxylic acids is 1. The Morgan fingerprint density at radius 3 is 2.75 bits per heavy atom. The molecule has 0 atom stereocenters. The molecule has 1 N–H and O–H groups in total. The molecule has 0 saturated carbocycles. The summed E-state index contributed by atoms with van der Waals surface area (Å²) < 4.78 is 1.80. The summed E-state index contributed by atoms with van der Waals surface area (Å²) in [5.41, 5.74) is 1.16. The number of carboxylic acid groups (broad SMARTS) is 1. The molecule has 16 heavy (non-hydrogen) atoms. The van der Waals surface area contributed by atoms with Crippen molar-refractivity contribution in [1.82, 2.24) is 14.7 Å². The smallest absolute Gasteiger partial charge is 0.339 e. The zero-order chi connectivity index (χ0) is 12.1. The molecule has 0 aliphatic rings. The van der Waals surface area contributed by atoms with Crippen molar-refractivity contribution in [2.75, 3.05) is 20.6 Å². The van der Waals surface area contributed by atoms with E-state index in [1.807, 2.05) is 21.0 Å². The van der Waals surface area contributed by atoms with Gasteiger partial charge in [0.05, 0.1) is 18.4 Å². The van der Waals surface area contributed by atoms with E-state index >= 15 is 0 Å². The molecule has 0 aromatic carbocycles. The molecule has 0 unspecified atom stereocenters. The lowest BCUT2D eigenvalue weighted by molar-refractivity contribution is 0.0695. The van der Waals surface area contributed by atoms with Crippen LogP contribution in [0.25, 0.3) is 0 Å². The first-order valence-corrected chi connectivity index (χ1v) is 5.49. The summed E-state index contributed by atoms with van der Waals surface area (Å²) >= 11 is 0. The lowest BCUT2D eigenvalue weighted by atomic mass is 10.1. The van der Waals surface area contributed by atoms with Crippen LogP contribution in [-0.2, 0) is 13.0 Å². The average molecular weight is 225 g/mol. The number of nitrogens with zero attached hydrogens (tertiary/aromatic N) is 3. The molecule has 5 nitrogen and oxygen atoms in total. The summed E-state index contributed by atoms with van der Waals surface area (Å²) in [6.07, 6.45) is 3.13. The second-order valence-corrected chi connectivity index (χ2v) is 4.09. The van der Waals surface area contributed by atoms with Gasteiger partial charge in [-0.3, -0.25) is 4.68 Å². The summed E-state index contributed by atoms with van der Waals surface area (Å²) in [5, 5.41) is 13.2. The molecule has 0 fully saturated rings. The zero-order valence-electron chi connectivity index (χ0n) is 10.1. The van der Waals surface area contributed by atoms with Crippen molar-refractivity contribution >= 4 is 5.97 Å². The predicted molar refractivity (Wildman–Crippen MR) is 61.7 cm³/mol. The van der Waals surface area contributed by atoms with Gasteiger partial charge in [0, 0.05) is 6.54 Å². The van der Waals surface area contributed by atoms with Gasteiger partial charge in [-0.15, -0.1) is 0 Å². The van der Waals surface area contributed by atoms with E-state index in [1.54, 1.807) is 4.68 Å². The molecule has 0 amide bonds. The molecule has 0 saturated heterocycles. The Morgan fingerprint density at radius 1 is 1.56 bits per heavy atom. The second-order valence-electron chi connectivity index (χ2n) is 4.09. The number of aromatic carboxylic acids is 1. The van der Waals surface area contributed by atoms with Crippen LogP contribution in [0, 0.1) is 0 Å². The maximum atomic E-state index is 11.0. The molecule has 1 aromatic heterocycles. The van der Waals surface area contributed by atoms with Crippen molar-refractivity contribution in [3.63, 3.8) is 0 Å². The standard InChI is InChI=1S/C11H19N3O2/c1-4-5-10-9(11(15)16)8-12-14(10)7-6-13(2)3/h8H,4-7H2,1-3H3,(H,15,16). The molecule has 0 aliphatic heterocycles. The minimum Gasteiger partial charge on any atom is -0.478 e. The Hall–Kier alpha value is -1.36. The number of likely N-dealkylation sites (N-methyl/N-ethyl adjacent to an activating group) is 1. The fraction of sp³-hybridized carbons (Fsp3) is 0.636. The highest BCUT2D eigenvalue weighted by molar-refractivity contribution is 5.88. The minimum atomic E-state index is -0.889. The second kappa shape index (κ2) is 5.65. The molecule has 90 valence electrons. The van der Waals surface area contributed by atoms with Gasteiger partial charge in [-0.1, -0.05) is 13.3 Å². The highest BCUT2D eigenvalue weighted by Gasteiger charge is 2.15. The molecule has 1 aromatic rings. The predicted octanol–water partition coefficient (Wildman–Crippen LogP) is 1.10. The van der Waals surface area contributed by atoms with Crippen LogP contribution in [-0.4, -0.2) is 46.4 Å². The van der Waals surface area contributed by atoms with Gasteiger partial charge in [-0.25, -0.2) is 4.79 Å². The van der Waals surface area contributed by atoms with Crippen LogP contribution in [0.1, 0.15) is 29.4 Å². The van der Waals surface area contributed by atoms with E-state index < -0.39 is 5.97 Å². The highest BCUT2D eigenvalue weighted by atomic mass is 16.4. The Kier molecular flexibility index (Phi) is 4.49. The van der Waals surface area contributed by atoms with Crippen LogP contribution in [0.2, 0.25) is 0 Å². The summed E-state index contributed by atoms with van der Waals surface area (Å²) in [7, 11) is 3.97. The summed E-state index contributed by atoms with van der Waals surface area (Å²) in [6, 6.07) is 0. The first-order valence-electron chi connectivity index (χ1n) is 5.49. The fourth-order valence-electron chi connectivity index (χ4n) is 1.58. The van der Waals surface area contributed by atoms with E-state index in [-0.39, 0.29) is 0 Å². The number of rotatable bonds is 6. The van der Waals surface area contributed by atoms with Crippen LogP contribution in [0.4, 0.5) is 0 Å². The van der Waals surface area contributed by atoms with Crippen molar-refractivity contribution in [2.24, 2.45) is 0 Å². The summed E-state index contributed by atoms with van der Waals surface area (Å²) in [6.45, 7) is 3.63. The molecule has 1 rings (SSSR count). The quantitative estimate of drug-likeness (QED) is 0.787. The molecule has 0 bridgehead atoms. The van der Waals surface area contributed by atoms with Crippen LogP contribution in [0.15, 0.2) is 6.20 Å². The van der Waals surface area contributed by atoms with Crippen molar-refractivity contribution < 1.29 is 9.90 Å². The van der Waals surface area contributed by atoms with Crippen LogP contribution in [0.3, 0.4) is 0 Å². The summed E-state index contributed by atoms with van der Waals surface area (Å²) in [5.74, 6) is -0.889. The van der Waals surface area contributed by atoms with Crippen LogP contribution >= 0.6 is 0 Å². The van der Waals surface area contributed by atoms with Crippen molar-refractivity contribution in [2.45, 2.75) is 26.3 Å². The van der Waals surface area contributed by atoms with E-state index in [4.69, 9.17) is 5.11 Å². The molecule has 0 aliphatic carbocycles. The number of carbonyl (C=O) groups is 1. The monoisotopic (exact) mass is 225 g/mol. The van der Waals surface area contributed by atoms with Gasteiger partial charge in [0.1, 0.15) is 5.56 Å². The minimum absolute atomic E-state index is 0.334. The Balaban J connectivity index is 2.86. The lowest BCUT2D eigenvalue weighted by Crippen LogP contribution is -2.20. The first kappa shape index (κ1) is 12.7. The van der Waals surface area contributed by atoms with E-state index in [2.05, 4.69) is 10.00 Å². The number of hydrogen-bond donors (Lipinski definition) is 1.